The Kier molecular flexibility index (Phi) is 5.34. The fourth-order valence-corrected chi connectivity index (χ4v) is 1.29. The highest BCUT2D eigenvalue weighted by Gasteiger charge is 2.09. The van der Waals surface area contributed by atoms with Crippen LogP contribution in [-0.4, -0.2) is 43.7 Å². The molecule has 0 bridgehead atoms. The molecule has 0 saturated carbocycles. The SMILES string of the molecule is O=S(=O)(CCOO)CCOO. The maximum absolute atomic E-state index is 10.8. The third-order valence-corrected chi connectivity index (χ3v) is 2.55. The average Bonchev–Trinajstić information content (AvgIpc) is 1.97. The van der Waals surface area contributed by atoms with E-state index in [1.54, 1.807) is 0 Å². The first kappa shape index (κ1) is 10.8. The van der Waals surface area contributed by atoms with E-state index in [-0.39, 0.29) is 24.7 Å². The summed E-state index contributed by atoms with van der Waals surface area (Å²) in [5.41, 5.74) is 0. The number of sulfone groups is 1. The van der Waals surface area contributed by atoms with Crippen LogP contribution in [0.4, 0.5) is 0 Å². The van der Waals surface area contributed by atoms with Gasteiger partial charge in [-0.2, -0.15) is 0 Å². The van der Waals surface area contributed by atoms with Gasteiger partial charge in [-0.25, -0.2) is 18.2 Å². The highest BCUT2D eigenvalue weighted by atomic mass is 32.2. The van der Waals surface area contributed by atoms with Gasteiger partial charge in [-0.3, -0.25) is 10.5 Å². The summed E-state index contributed by atoms with van der Waals surface area (Å²) in [4.78, 5) is 7.15. The molecule has 0 radical (unpaired) electrons. The molecule has 0 heterocycles. The molecule has 0 atom stereocenters. The van der Waals surface area contributed by atoms with Gasteiger partial charge >= 0.3 is 0 Å². The fraction of sp³-hybridized carbons (Fsp3) is 1.00. The van der Waals surface area contributed by atoms with Gasteiger partial charge in [0.25, 0.3) is 0 Å². The molecule has 2 N–H and O–H groups in total. The lowest BCUT2D eigenvalue weighted by Crippen LogP contribution is -2.18. The van der Waals surface area contributed by atoms with Crippen LogP contribution in [0, 0.1) is 0 Å². The lowest BCUT2D eigenvalue weighted by atomic mass is 10.9. The van der Waals surface area contributed by atoms with Gasteiger partial charge in [0.2, 0.25) is 0 Å². The number of hydrogen-bond donors (Lipinski definition) is 2. The van der Waals surface area contributed by atoms with E-state index < -0.39 is 9.84 Å². The van der Waals surface area contributed by atoms with E-state index in [1.807, 2.05) is 0 Å². The molecule has 0 aromatic rings. The summed E-state index contributed by atoms with van der Waals surface area (Å²) in [6.07, 6.45) is 0. The van der Waals surface area contributed by atoms with E-state index in [0.717, 1.165) is 0 Å². The van der Waals surface area contributed by atoms with Gasteiger partial charge in [-0.15, -0.1) is 0 Å². The highest BCUT2D eigenvalue weighted by molar-refractivity contribution is 7.91. The molecule has 68 valence electrons. The Hall–Kier alpha value is -0.210. The van der Waals surface area contributed by atoms with Gasteiger partial charge < -0.3 is 0 Å². The van der Waals surface area contributed by atoms with E-state index in [9.17, 15) is 8.42 Å². The van der Waals surface area contributed by atoms with E-state index in [0.29, 0.717) is 0 Å². The van der Waals surface area contributed by atoms with Crippen molar-refractivity contribution < 1.29 is 28.7 Å². The van der Waals surface area contributed by atoms with Crippen LogP contribution in [0.25, 0.3) is 0 Å². The molecule has 11 heavy (non-hydrogen) atoms. The van der Waals surface area contributed by atoms with Crippen molar-refractivity contribution in [1.29, 1.82) is 0 Å². The number of hydrogen-bond acceptors (Lipinski definition) is 6. The molecule has 0 spiro atoms. The summed E-state index contributed by atoms with van der Waals surface area (Å²) < 4.78 is 21.5. The second-order valence-corrected chi connectivity index (χ2v) is 4.12. The van der Waals surface area contributed by atoms with Crippen LogP contribution < -0.4 is 0 Å². The first-order valence-corrected chi connectivity index (χ1v) is 4.67. The minimum Gasteiger partial charge on any atom is -0.252 e. The Labute approximate surface area is 64.1 Å². The molecule has 6 nitrogen and oxygen atoms in total. The van der Waals surface area contributed by atoms with E-state index in [2.05, 4.69) is 9.78 Å². The minimum atomic E-state index is -3.28. The third kappa shape index (κ3) is 6.20. The average molecular weight is 186 g/mol. The van der Waals surface area contributed by atoms with Crippen molar-refractivity contribution in [2.24, 2.45) is 0 Å². The summed E-state index contributed by atoms with van der Waals surface area (Å²) in [5.74, 6) is -0.570. The van der Waals surface area contributed by atoms with Crippen molar-refractivity contribution in [1.82, 2.24) is 0 Å². The zero-order valence-electron chi connectivity index (χ0n) is 5.76. The van der Waals surface area contributed by atoms with Crippen LogP contribution in [0.1, 0.15) is 0 Å². The van der Waals surface area contributed by atoms with Crippen molar-refractivity contribution in [3.8, 4) is 0 Å². The molecule has 7 heteroatoms. The molecule has 0 unspecified atom stereocenters. The van der Waals surface area contributed by atoms with Crippen molar-refractivity contribution in [3.63, 3.8) is 0 Å². The van der Waals surface area contributed by atoms with Gasteiger partial charge in [0.05, 0.1) is 24.7 Å². The van der Waals surface area contributed by atoms with Crippen LogP contribution in [0.3, 0.4) is 0 Å². The van der Waals surface area contributed by atoms with Crippen LogP contribution >= 0.6 is 0 Å². The molecular formula is C4H10O6S. The fourth-order valence-electron chi connectivity index (χ4n) is 0.431. The summed E-state index contributed by atoms with van der Waals surface area (Å²) in [7, 11) is -3.28. The zero-order valence-corrected chi connectivity index (χ0v) is 6.58. The number of rotatable bonds is 6. The van der Waals surface area contributed by atoms with Gasteiger partial charge in [-0.05, 0) is 0 Å². The molecule has 0 fully saturated rings. The Bertz CT molecular complexity index is 159. The highest BCUT2D eigenvalue weighted by Crippen LogP contribution is 1.89. The second-order valence-electron chi connectivity index (χ2n) is 1.82. The van der Waals surface area contributed by atoms with E-state index in [4.69, 9.17) is 10.5 Å². The van der Waals surface area contributed by atoms with Gasteiger partial charge in [0.15, 0.2) is 9.84 Å². The molecule has 0 saturated heterocycles. The predicted octanol–water partition coefficient (Wildman–Crippen LogP) is -0.620. The lowest BCUT2D eigenvalue weighted by Gasteiger charge is -1.99. The van der Waals surface area contributed by atoms with Gasteiger partial charge in [0, 0.05) is 0 Å². The summed E-state index contributed by atoms with van der Waals surface area (Å²) in [5, 5.41) is 15.6. The first-order chi connectivity index (χ1) is 5.12. The summed E-state index contributed by atoms with van der Waals surface area (Å²) in [6, 6.07) is 0. The maximum atomic E-state index is 10.8. The smallest absolute Gasteiger partial charge is 0.155 e. The van der Waals surface area contributed by atoms with Crippen molar-refractivity contribution in [3.05, 3.63) is 0 Å². The van der Waals surface area contributed by atoms with Gasteiger partial charge in [0.1, 0.15) is 0 Å². The molecular weight excluding hydrogens is 176 g/mol. The maximum Gasteiger partial charge on any atom is 0.155 e. The normalized spacial score (nSPS) is 11.8. The lowest BCUT2D eigenvalue weighted by molar-refractivity contribution is -0.238. The Morgan fingerprint density at radius 3 is 1.64 bits per heavy atom. The van der Waals surface area contributed by atoms with Crippen LogP contribution in [0.5, 0.6) is 0 Å². The van der Waals surface area contributed by atoms with Gasteiger partial charge in [-0.1, -0.05) is 0 Å². The second kappa shape index (κ2) is 5.44. The topological polar surface area (TPSA) is 93.1 Å². The Morgan fingerprint density at radius 1 is 1.00 bits per heavy atom. The largest absolute Gasteiger partial charge is 0.252 e. The van der Waals surface area contributed by atoms with Crippen molar-refractivity contribution >= 4 is 9.84 Å². The first-order valence-electron chi connectivity index (χ1n) is 2.85. The quantitative estimate of drug-likeness (QED) is 0.424. The molecule has 0 aromatic heterocycles. The molecule has 0 aliphatic carbocycles. The third-order valence-electron chi connectivity index (χ3n) is 0.971. The summed E-state index contributed by atoms with van der Waals surface area (Å²) >= 11 is 0. The molecule has 0 aliphatic heterocycles. The Balaban J connectivity index is 3.63. The van der Waals surface area contributed by atoms with Crippen molar-refractivity contribution in [2.75, 3.05) is 24.7 Å². The molecule has 0 rings (SSSR count). The molecule has 0 amide bonds. The minimum absolute atomic E-state index is 0.270. The van der Waals surface area contributed by atoms with E-state index >= 15 is 0 Å². The van der Waals surface area contributed by atoms with Crippen LogP contribution in [-0.2, 0) is 19.6 Å². The summed E-state index contributed by atoms with van der Waals surface area (Å²) in [6.45, 7) is -0.540. The van der Waals surface area contributed by atoms with E-state index in [1.165, 1.54) is 0 Å². The molecule has 0 aliphatic rings. The van der Waals surface area contributed by atoms with Crippen LogP contribution in [0.15, 0.2) is 0 Å². The van der Waals surface area contributed by atoms with Crippen LogP contribution in [0.2, 0.25) is 0 Å². The predicted molar refractivity (Wildman–Crippen MR) is 35.8 cm³/mol. The van der Waals surface area contributed by atoms with Crippen molar-refractivity contribution in [2.45, 2.75) is 0 Å². The monoisotopic (exact) mass is 186 g/mol. The Morgan fingerprint density at radius 2 is 1.36 bits per heavy atom. The zero-order chi connectivity index (χ0) is 8.74. The standard InChI is InChI=1S/C4H10O6S/c5-9-1-3-11(7,8)4-2-10-6/h5-6H,1-4H2. The molecule has 0 aromatic carbocycles.